The third kappa shape index (κ3) is 5.68. The molecule has 5 heteroatoms. The predicted octanol–water partition coefficient (Wildman–Crippen LogP) is 4.13. The number of nitrogens with zero attached hydrogens (tertiary/aromatic N) is 1. The molecule has 1 N–H and O–H groups in total. The SMILES string of the molecule is CC(C)C[C@@H](c1ccccc1I)N1CCNCC1.Cl.Cl. The van der Waals surface area contributed by atoms with Crippen molar-refractivity contribution in [1.29, 1.82) is 0 Å². The Hall–Kier alpha value is 0.450. The van der Waals surface area contributed by atoms with Crippen molar-refractivity contribution < 1.29 is 0 Å². The van der Waals surface area contributed by atoms with Crippen molar-refractivity contribution in [1.82, 2.24) is 10.2 Å². The number of halogens is 3. The third-order valence-electron chi connectivity index (χ3n) is 3.55. The molecule has 0 radical (unpaired) electrons. The Morgan fingerprint density at radius 2 is 1.75 bits per heavy atom. The van der Waals surface area contributed by atoms with E-state index in [1.807, 2.05) is 0 Å². The summed E-state index contributed by atoms with van der Waals surface area (Å²) in [5.41, 5.74) is 1.51. The first-order valence-corrected chi connectivity index (χ1v) is 7.95. The second kappa shape index (κ2) is 10.2. The number of piperazine rings is 1. The lowest BCUT2D eigenvalue weighted by atomic mass is 9.95. The molecular formula is C15H25Cl2IN2. The average Bonchev–Trinajstić information content (AvgIpc) is 2.38. The number of hydrogen-bond acceptors (Lipinski definition) is 2. The molecule has 0 amide bonds. The molecule has 1 aliphatic rings. The zero-order valence-electron chi connectivity index (χ0n) is 12.1. The lowest BCUT2D eigenvalue weighted by molar-refractivity contribution is 0.153. The molecule has 0 aromatic heterocycles. The maximum atomic E-state index is 3.45. The molecule has 1 atom stereocenters. The van der Waals surface area contributed by atoms with E-state index in [1.54, 1.807) is 0 Å². The van der Waals surface area contributed by atoms with Crippen LogP contribution in [0.1, 0.15) is 31.9 Å². The maximum absolute atomic E-state index is 3.45. The summed E-state index contributed by atoms with van der Waals surface area (Å²) < 4.78 is 1.40. The number of nitrogens with one attached hydrogen (secondary N) is 1. The van der Waals surface area contributed by atoms with E-state index in [0.717, 1.165) is 19.0 Å². The van der Waals surface area contributed by atoms with Crippen LogP contribution in [-0.2, 0) is 0 Å². The highest BCUT2D eigenvalue weighted by atomic mass is 127. The lowest BCUT2D eigenvalue weighted by Crippen LogP contribution is -2.45. The minimum absolute atomic E-state index is 0. The van der Waals surface area contributed by atoms with Crippen LogP contribution >= 0.6 is 47.4 Å². The van der Waals surface area contributed by atoms with Crippen molar-refractivity contribution in [3.63, 3.8) is 0 Å². The highest BCUT2D eigenvalue weighted by Crippen LogP contribution is 2.31. The molecule has 1 aliphatic heterocycles. The Balaban J connectivity index is 0.00000180. The number of rotatable bonds is 4. The van der Waals surface area contributed by atoms with Gasteiger partial charge in [-0.15, -0.1) is 24.8 Å². The fourth-order valence-corrected chi connectivity index (χ4v) is 3.41. The molecular weight excluding hydrogens is 406 g/mol. The molecule has 1 aromatic carbocycles. The summed E-state index contributed by atoms with van der Waals surface area (Å²) in [4.78, 5) is 2.65. The largest absolute Gasteiger partial charge is 0.314 e. The zero-order chi connectivity index (χ0) is 13.0. The maximum Gasteiger partial charge on any atom is 0.0362 e. The predicted molar refractivity (Wildman–Crippen MR) is 100 cm³/mol. The normalized spacial score (nSPS) is 17.2. The van der Waals surface area contributed by atoms with E-state index in [4.69, 9.17) is 0 Å². The summed E-state index contributed by atoms with van der Waals surface area (Å²) >= 11 is 2.48. The monoisotopic (exact) mass is 430 g/mol. The first-order valence-electron chi connectivity index (χ1n) is 6.87. The van der Waals surface area contributed by atoms with Crippen molar-refractivity contribution in [2.24, 2.45) is 5.92 Å². The zero-order valence-corrected chi connectivity index (χ0v) is 15.9. The van der Waals surface area contributed by atoms with Gasteiger partial charge in [0.15, 0.2) is 0 Å². The van der Waals surface area contributed by atoms with Gasteiger partial charge in [-0.05, 0) is 46.6 Å². The summed E-state index contributed by atoms with van der Waals surface area (Å²) in [7, 11) is 0. The van der Waals surface area contributed by atoms with E-state index in [0.29, 0.717) is 6.04 Å². The third-order valence-corrected chi connectivity index (χ3v) is 4.53. The quantitative estimate of drug-likeness (QED) is 0.722. The van der Waals surface area contributed by atoms with Gasteiger partial charge in [-0.2, -0.15) is 0 Å². The fraction of sp³-hybridized carbons (Fsp3) is 0.600. The Kier molecular flexibility index (Phi) is 10.5. The molecule has 116 valence electrons. The molecule has 0 spiro atoms. The minimum atomic E-state index is 0. The van der Waals surface area contributed by atoms with E-state index in [9.17, 15) is 0 Å². The van der Waals surface area contributed by atoms with Crippen LogP contribution < -0.4 is 5.32 Å². The average molecular weight is 431 g/mol. The summed E-state index contributed by atoms with van der Waals surface area (Å²) in [5.74, 6) is 0.737. The molecule has 1 heterocycles. The van der Waals surface area contributed by atoms with Crippen molar-refractivity contribution in [3.8, 4) is 0 Å². The molecule has 2 nitrogen and oxygen atoms in total. The molecule has 1 fully saturated rings. The minimum Gasteiger partial charge on any atom is -0.314 e. The highest BCUT2D eigenvalue weighted by Gasteiger charge is 2.24. The van der Waals surface area contributed by atoms with E-state index in [2.05, 4.69) is 70.9 Å². The van der Waals surface area contributed by atoms with E-state index in [1.165, 1.54) is 28.6 Å². The van der Waals surface area contributed by atoms with Crippen molar-refractivity contribution in [3.05, 3.63) is 33.4 Å². The van der Waals surface area contributed by atoms with Crippen LogP contribution in [0.5, 0.6) is 0 Å². The fourth-order valence-electron chi connectivity index (χ4n) is 2.66. The Labute approximate surface area is 149 Å². The van der Waals surface area contributed by atoms with Gasteiger partial charge in [0.2, 0.25) is 0 Å². The number of hydrogen-bond donors (Lipinski definition) is 1. The summed E-state index contributed by atoms with van der Waals surface area (Å²) in [6.45, 7) is 9.23. The first kappa shape index (κ1) is 20.5. The van der Waals surface area contributed by atoms with Crippen molar-refractivity contribution in [2.45, 2.75) is 26.3 Å². The second-order valence-electron chi connectivity index (χ2n) is 5.45. The van der Waals surface area contributed by atoms with Crippen LogP contribution in [0.4, 0.5) is 0 Å². The van der Waals surface area contributed by atoms with Gasteiger partial charge in [-0.25, -0.2) is 0 Å². The smallest absolute Gasteiger partial charge is 0.0362 e. The molecule has 0 aliphatic carbocycles. The first-order chi connectivity index (χ1) is 8.68. The highest BCUT2D eigenvalue weighted by molar-refractivity contribution is 14.1. The molecule has 2 rings (SSSR count). The van der Waals surface area contributed by atoms with Crippen LogP contribution in [-0.4, -0.2) is 31.1 Å². The Morgan fingerprint density at radius 3 is 2.30 bits per heavy atom. The van der Waals surface area contributed by atoms with Gasteiger partial charge < -0.3 is 5.32 Å². The van der Waals surface area contributed by atoms with E-state index in [-0.39, 0.29) is 24.8 Å². The van der Waals surface area contributed by atoms with Crippen LogP contribution in [0, 0.1) is 9.49 Å². The summed E-state index contributed by atoms with van der Waals surface area (Å²) in [6, 6.07) is 9.42. The van der Waals surface area contributed by atoms with Gasteiger partial charge in [-0.3, -0.25) is 4.90 Å². The van der Waals surface area contributed by atoms with Crippen LogP contribution in [0.15, 0.2) is 24.3 Å². The summed E-state index contributed by atoms with van der Waals surface area (Å²) in [5, 5.41) is 3.45. The van der Waals surface area contributed by atoms with Gasteiger partial charge in [0.1, 0.15) is 0 Å². The summed E-state index contributed by atoms with van der Waals surface area (Å²) in [6.07, 6.45) is 1.25. The van der Waals surface area contributed by atoms with Gasteiger partial charge in [0.25, 0.3) is 0 Å². The van der Waals surface area contributed by atoms with Gasteiger partial charge in [0.05, 0.1) is 0 Å². The van der Waals surface area contributed by atoms with Gasteiger partial charge in [0, 0.05) is 35.8 Å². The molecule has 20 heavy (non-hydrogen) atoms. The van der Waals surface area contributed by atoms with E-state index >= 15 is 0 Å². The van der Waals surface area contributed by atoms with Gasteiger partial charge in [-0.1, -0.05) is 32.0 Å². The van der Waals surface area contributed by atoms with Gasteiger partial charge >= 0.3 is 0 Å². The van der Waals surface area contributed by atoms with Crippen LogP contribution in [0.3, 0.4) is 0 Å². The van der Waals surface area contributed by atoms with E-state index < -0.39 is 0 Å². The molecule has 1 saturated heterocycles. The van der Waals surface area contributed by atoms with Crippen molar-refractivity contribution >= 4 is 47.4 Å². The topological polar surface area (TPSA) is 15.3 Å². The standard InChI is InChI=1S/C15H23IN2.2ClH/c1-12(2)11-15(18-9-7-17-8-10-18)13-5-3-4-6-14(13)16;;/h3-6,12,15,17H,7-11H2,1-2H3;2*1H/t15-;;/m0../s1. The second-order valence-corrected chi connectivity index (χ2v) is 6.62. The van der Waals surface area contributed by atoms with Crippen molar-refractivity contribution in [2.75, 3.05) is 26.2 Å². The molecule has 1 aromatic rings. The number of benzene rings is 1. The van der Waals surface area contributed by atoms with Crippen LogP contribution in [0.25, 0.3) is 0 Å². The Morgan fingerprint density at radius 1 is 1.15 bits per heavy atom. The van der Waals surface area contributed by atoms with Crippen LogP contribution in [0.2, 0.25) is 0 Å². The molecule has 0 unspecified atom stereocenters. The Bertz CT molecular complexity index is 382. The molecule has 0 bridgehead atoms. The molecule has 0 saturated carbocycles. The lowest BCUT2D eigenvalue weighted by Gasteiger charge is -2.36.